The standard InChI is InChI=1S/C22H30O11/c1-3-31-19(26)17(25)18(20(27)32-4-2)33-21(28)22(29,11-10-16(23)24)12-13-30-14-15-8-6-5-7-9-15/h5-9,17-18,25,29H,3-4,10-14H2,1-2H3,(H,23,24)/t17-,18-,22-/m1/s1. The molecule has 0 aliphatic rings. The van der Waals surface area contributed by atoms with E-state index in [1.807, 2.05) is 30.3 Å². The molecule has 1 aromatic rings. The predicted molar refractivity (Wildman–Crippen MR) is 112 cm³/mol. The summed E-state index contributed by atoms with van der Waals surface area (Å²) >= 11 is 0. The number of esters is 3. The molecule has 0 bridgehead atoms. The van der Waals surface area contributed by atoms with Crippen LogP contribution in [0.3, 0.4) is 0 Å². The molecule has 1 rings (SSSR count). The summed E-state index contributed by atoms with van der Waals surface area (Å²) in [5.74, 6) is -5.15. The molecule has 33 heavy (non-hydrogen) atoms. The Morgan fingerprint density at radius 3 is 2.15 bits per heavy atom. The van der Waals surface area contributed by atoms with Crippen LogP contribution in [-0.4, -0.2) is 76.8 Å². The number of benzene rings is 1. The van der Waals surface area contributed by atoms with Crippen molar-refractivity contribution in [3.05, 3.63) is 35.9 Å². The quantitative estimate of drug-likeness (QED) is 0.186. The molecule has 0 unspecified atom stereocenters. The summed E-state index contributed by atoms with van der Waals surface area (Å²) in [4.78, 5) is 47.8. The molecule has 0 aliphatic carbocycles. The minimum Gasteiger partial charge on any atom is -0.481 e. The number of carbonyl (C=O) groups is 4. The predicted octanol–water partition coefficient (Wildman–Crippen LogP) is 0.588. The van der Waals surface area contributed by atoms with E-state index in [1.54, 1.807) is 0 Å². The lowest BCUT2D eigenvalue weighted by Crippen LogP contribution is -2.50. The first kappa shape index (κ1) is 28.0. The third-order valence-electron chi connectivity index (χ3n) is 4.47. The third-order valence-corrected chi connectivity index (χ3v) is 4.47. The lowest BCUT2D eigenvalue weighted by Gasteiger charge is -2.28. The second-order valence-electron chi connectivity index (χ2n) is 6.99. The molecule has 0 amide bonds. The highest BCUT2D eigenvalue weighted by atomic mass is 16.6. The topological polar surface area (TPSA) is 166 Å². The summed E-state index contributed by atoms with van der Waals surface area (Å²) in [6.07, 6.45) is -5.82. The van der Waals surface area contributed by atoms with Gasteiger partial charge in [-0.25, -0.2) is 14.4 Å². The Labute approximate surface area is 191 Å². The largest absolute Gasteiger partial charge is 0.481 e. The van der Waals surface area contributed by atoms with Crippen LogP contribution in [0.25, 0.3) is 0 Å². The minimum atomic E-state index is -2.37. The SMILES string of the molecule is CCOC(=O)[C@H](O)[C@@H](OC(=O)[C@](O)(CCOCc1ccccc1)CCC(=O)O)C(=O)OCC. The number of aliphatic hydroxyl groups excluding tert-OH is 1. The van der Waals surface area contributed by atoms with Crippen LogP contribution in [0, 0.1) is 0 Å². The first-order chi connectivity index (χ1) is 15.6. The van der Waals surface area contributed by atoms with Gasteiger partial charge in [0.15, 0.2) is 11.7 Å². The zero-order valence-electron chi connectivity index (χ0n) is 18.6. The summed E-state index contributed by atoms with van der Waals surface area (Å²) < 4.78 is 19.8. The van der Waals surface area contributed by atoms with Gasteiger partial charge in [0.2, 0.25) is 6.10 Å². The molecule has 0 saturated heterocycles. The van der Waals surface area contributed by atoms with Gasteiger partial charge in [-0.05, 0) is 25.8 Å². The molecule has 184 valence electrons. The molecule has 11 heteroatoms. The number of carboxylic acids is 1. The van der Waals surface area contributed by atoms with E-state index in [0.717, 1.165) is 5.56 Å². The number of ether oxygens (including phenoxy) is 4. The van der Waals surface area contributed by atoms with Crippen molar-refractivity contribution >= 4 is 23.9 Å². The normalized spacial score (nSPS) is 14.4. The maximum atomic E-state index is 12.8. The van der Waals surface area contributed by atoms with Crippen LogP contribution in [0.4, 0.5) is 0 Å². The van der Waals surface area contributed by atoms with Gasteiger partial charge in [0.1, 0.15) is 0 Å². The van der Waals surface area contributed by atoms with Crippen molar-refractivity contribution in [1.82, 2.24) is 0 Å². The van der Waals surface area contributed by atoms with Crippen LogP contribution in [0.15, 0.2) is 30.3 Å². The Bertz CT molecular complexity index is 780. The van der Waals surface area contributed by atoms with Crippen molar-refractivity contribution in [2.75, 3.05) is 19.8 Å². The van der Waals surface area contributed by atoms with Crippen LogP contribution in [0.5, 0.6) is 0 Å². The van der Waals surface area contributed by atoms with Gasteiger partial charge in [-0.3, -0.25) is 4.79 Å². The molecule has 0 fully saturated rings. The zero-order valence-corrected chi connectivity index (χ0v) is 18.6. The molecular formula is C22H30O11. The molecule has 1 aromatic carbocycles. The highest BCUT2D eigenvalue weighted by molar-refractivity contribution is 5.89. The van der Waals surface area contributed by atoms with Gasteiger partial charge in [-0.15, -0.1) is 0 Å². The van der Waals surface area contributed by atoms with Crippen LogP contribution in [0.2, 0.25) is 0 Å². The average Bonchev–Trinajstić information content (AvgIpc) is 2.79. The minimum absolute atomic E-state index is 0.110. The van der Waals surface area contributed by atoms with Crippen LogP contribution in [0.1, 0.15) is 38.7 Å². The molecule has 3 atom stereocenters. The van der Waals surface area contributed by atoms with E-state index < -0.39 is 54.5 Å². The number of aliphatic carboxylic acids is 1. The van der Waals surface area contributed by atoms with E-state index in [0.29, 0.717) is 0 Å². The fraction of sp³-hybridized carbons (Fsp3) is 0.545. The van der Waals surface area contributed by atoms with Crippen molar-refractivity contribution in [3.8, 4) is 0 Å². The summed E-state index contributed by atoms with van der Waals surface area (Å²) in [7, 11) is 0. The molecule has 11 nitrogen and oxygen atoms in total. The van der Waals surface area contributed by atoms with Crippen molar-refractivity contribution in [2.24, 2.45) is 0 Å². The van der Waals surface area contributed by atoms with E-state index in [2.05, 4.69) is 4.74 Å². The second kappa shape index (κ2) is 14.2. The summed E-state index contributed by atoms with van der Waals surface area (Å²) in [5, 5.41) is 29.9. The summed E-state index contributed by atoms with van der Waals surface area (Å²) in [6.45, 7) is 2.71. The fourth-order valence-corrected chi connectivity index (χ4v) is 2.69. The van der Waals surface area contributed by atoms with E-state index in [9.17, 15) is 29.4 Å². The van der Waals surface area contributed by atoms with Crippen molar-refractivity contribution in [2.45, 2.75) is 57.5 Å². The van der Waals surface area contributed by atoms with E-state index in [4.69, 9.17) is 19.3 Å². The molecule has 0 radical (unpaired) electrons. The Kier molecular flexibility index (Phi) is 12.0. The number of carbonyl (C=O) groups excluding carboxylic acids is 3. The monoisotopic (exact) mass is 470 g/mol. The Morgan fingerprint density at radius 2 is 1.58 bits per heavy atom. The summed E-state index contributed by atoms with van der Waals surface area (Å²) in [5.41, 5.74) is -1.53. The van der Waals surface area contributed by atoms with Gasteiger partial charge >= 0.3 is 23.9 Å². The lowest BCUT2D eigenvalue weighted by molar-refractivity contribution is -0.194. The van der Waals surface area contributed by atoms with Crippen molar-refractivity contribution < 1.29 is 53.4 Å². The van der Waals surface area contributed by atoms with Crippen LogP contribution >= 0.6 is 0 Å². The molecule has 0 spiro atoms. The number of hydrogen-bond donors (Lipinski definition) is 3. The Balaban J connectivity index is 2.93. The summed E-state index contributed by atoms with van der Waals surface area (Å²) in [6, 6.07) is 9.07. The fourth-order valence-electron chi connectivity index (χ4n) is 2.69. The maximum Gasteiger partial charge on any atom is 0.350 e. The van der Waals surface area contributed by atoms with Gasteiger partial charge in [0.25, 0.3) is 0 Å². The number of aliphatic hydroxyl groups is 2. The van der Waals surface area contributed by atoms with Crippen LogP contribution < -0.4 is 0 Å². The van der Waals surface area contributed by atoms with Gasteiger partial charge in [-0.1, -0.05) is 30.3 Å². The van der Waals surface area contributed by atoms with Gasteiger partial charge in [0, 0.05) is 12.8 Å². The van der Waals surface area contributed by atoms with Crippen molar-refractivity contribution in [3.63, 3.8) is 0 Å². The molecule has 0 saturated carbocycles. The highest BCUT2D eigenvalue weighted by Gasteiger charge is 2.44. The number of rotatable bonds is 15. The Hall–Kier alpha value is -3.02. The van der Waals surface area contributed by atoms with Gasteiger partial charge in [-0.2, -0.15) is 0 Å². The van der Waals surface area contributed by atoms with Gasteiger partial charge < -0.3 is 34.3 Å². The van der Waals surface area contributed by atoms with E-state index in [-0.39, 0.29) is 32.8 Å². The first-order valence-corrected chi connectivity index (χ1v) is 10.4. The number of hydrogen-bond acceptors (Lipinski definition) is 10. The van der Waals surface area contributed by atoms with Crippen LogP contribution in [-0.2, 0) is 44.7 Å². The second-order valence-corrected chi connectivity index (χ2v) is 6.99. The first-order valence-electron chi connectivity index (χ1n) is 10.4. The molecule has 0 aromatic heterocycles. The molecular weight excluding hydrogens is 440 g/mol. The number of carboxylic acid groups (broad SMARTS) is 1. The van der Waals surface area contributed by atoms with Crippen molar-refractivity contribution in [1.29, 1.82) is 0 Å². The lowest BCUT2D eigenvalue weighted by atomic mass is 9.94. The zero-order chi connectivity index (χ0) is 24.9. The highest BCUT2D eigenvalue weighted by Crippen LogP contribution is 2.22. The smallest absolute Gasteiger partial charge is 0.350 e. The molecule has 3 N–H and O–H groups in total. The van der Waals surface area contributed by atoms with E-state index in [1.165, 1.54) is 13.8 Å². The maximum absolute atomic E-state index is 12.8. The van der Waals surface area contributed by atoms with Gasteiger partial charge in [0.05, 0.1) is 26.4 Å². The average molecular weight is 470 g/mol. The van der Waals surface area contributed by atoms with E-state index >= 15 is 0 Å². The third kappa shape index (κ3) is 9.56. The molecule has 0 aliphatic heterocycles. The molecule has 0 heterocycles. The Morgan fingerprint density at radius 1 is 0.970 bits per heavy atom.